The number of ether oxygens (including phenoxy) is 1. The fourth-order valence-corrected chi connectivity index (χ4v) is 1.52. The first-order chi connectivity index (χ1) is 5.88. The molecule has 1 aliphatic rings. The number of rotatable bonds is 4. The van der Waals surface area contributed by atoms with Gasteiger partial charge in [-0.05, 0) is 7.05 Å². The third-order valence-electron chi connectivity index (χ3n) is 2.15. The summed E-state index contributed by atoms with van der Waals surface area (Å²) in [6.45, 7) is 8.43. The van der Waals surface area contributed by atoms with Gasteiger partial charge >= 0.3 is 0 Å². The Hall–Kier alpha value is -0.380. The molecule has 12 heavy (non-hydrogen) atoms. The molecule has 1 fully saturated rings. The summed E-state index contributed by atoms with van der Waals surface area (Å²) in [6.07, 6.45) is 1.95. The molecule has 1 rings (SSSR count). The number of hydrogen-bond acceptors (Lipinski definition) is 3. The van der Waals surface area contributed by atoms with Crippen molar-refractivity contribution in [1.82, 2.24) is 10.2 Å². The molecular weight excluding hydrogens is 152 g/mol. The van der Waals surface area contributed by atoms with E-state index in [2.05, 4.69) is 16.8 Å². The quantitative estimate of drug-likeness (QED) is 0.605. The summed E-state index contributed by atoms with van der Waals surface area (Å²) in [7, 11) is 1.97. The molecule has 1 unspecified atom stereocenters. The molecule has 1 saturated heterocycles. The van der Waals surface area contributed by atoms with E-state index in [-0.39, 0.29) is 0 Å². The molecule has 3 nitrogen and oxygen atoms in total. The molecule has 0 aliphatic carbocycles. The van der Waals surface area contributed by atoms with Crippen molar-refractivity contribution < 1.29 is 4.74 Å². The van der Waals surface area contributed by atoms with Crippen LogP contribution in [0.2, 0.25) is 0 Å². The number of morpholine rings is 1. The molecule has 0 aromatic heterocycles. The molecule has 0 bridgehead atoms. The molecule has 1 N–H and O–H groups in total. The smallest absolute Gasteiger partial charge is 0.0635 e. The summed E-state index contributed by atoms with van der Waals surface area (Å²) in [6, 6.07) is 0.516. The van der Waals surface area contributed by atoms with Gasteiger partial charge in [-0.2, -0.15) is 0 Å². The van der Waals surface area contributed by atoms with E-state index in [4.69, 9.17) is 4.74 Å². The van der Waals surface area contributed by atoms with Crippen LogP contribution in [0.5, 0.6) is 0 Å². The summed E-state index contributed by atoms with van der Waals surface area (Å²) >= 11 is 0. The Morgan fingerprint density at radius 1 is 1.75 bits per heavy atom. The lowest BCUT2D eigenvalue weighted by atomic mass is 10.2. The van der Waals surface area contributed by atoms with Crippen LogP contribution >= 0.6 is 0 Å². The maximum absolute atomic E-state index is 5.40. The maximum atomic E-state index is 5.40. The van der Waals surface area contributed by atoms with Crippen molar-refractivity contribution in [3.8, 4) is 0 Å². The summed E-state index contributed by atoms with van der Waals surface area (Å²) in [5.41, 5.74) is 0. The second kappa shape index (κ2) is 5.30. The standard InChI is InChI=1S/C9H18N2O/c1-3-4-11-5-6-12-8-9(11)7-10-2/h3,9-10H,1,4-8H2,2H3. The van der Waals surface area contributed by atoms with E-state index < -0.39 is 0 Å². The Labute approximate surface area is 74.4 Å². The molecule has 1 atom stereocenters. The fraction of sp³-hybridized carbons (Fsp3) is 0.778. The van der Waals surface area contributed by atoms with E-state index in [0.29, 0.717) is 6.04 Å². The van der Waals surface area contributed by atoms with Crippen LogP contribution in [0.25, 0.3) is 0 Å². The summed E-state index contributed by atoms with van der Waals surface area (Å²) in [5.74, 6) is 0. The van der Waals surface area contributed by atoms with Crippen LogP contribution < -0.4 is 5.32 Å². The summed E-state index contributed by atoms with van der Waals surface area (Å²) < 4.78 is 5.40. The summed E-state index contributed by atoms with van der Waals surface area (Å²) in [4.78, 5) is 2.40. The lowest BCUT2D eigenvalue weighted by molar-refractivity contribution is -0.000363. The number of nitrogens with one attached hydrogen (secondary N) is 1. The molecule has 3 heteroatoms. The number of likely N-dealkylation sites (N-methyl/N-ethyl adjacent to an activating group) is 1. The van der Waals surface area contributed by atoms with E-state index in [9.17, 15) is 0 Å². The lowest BCUT2D eigenvalue weighted by Gasteiger charge is -2.34. The topological polar surface area (TPSA) is 24.5 Å². The van der Waals surface area contributed by atoms with Gasteiger partial charge in [0.2, 0.25) is 0 Å². The first-order valence-corrected chi connectivity index (χ1v) is 4.45. The first-order valence-electron chi connectivity index (χ1n) is 4.45. The lowest BCUT2D eigenvalue weighted by Crippen LogP contribution is -2.49. The minimum Gasteiger partial charge on any atom is -0.378 e. The Morgan fingerprint density at radius 3 is 3.25 bits per heavy atom. The monoisotopic (exact) mass is 170 g/mol. The van der Waals surface area contributed by atoms with Gasteiger partial charge in [0.15, 0.2) is 0 Å². The average Bonchev–Trinajstić information content (AvgIpc) is 2.09. The van der Waals surface area contributed by atoms with Crippen molar-refractivity contribution in [3.05, 3.63) is 12.7 Å². The molecule has 0 aromatic rings. The van der Waals surface area contributed by atoms with Gasteiger partial charge in [0.25, 0.3) is 0 Å². The highest BCUT2D eigenvalue weighted by Crippen LogP contribution is 2.05. The number of hydrogen-bond donors (Lipinski definition) is 1. The average molecular weight is 170 g/mol. The zero-order valence-electron chi connectivity index (χ0n) is 7.75. The third kappa shape index (κ3) is 2.59. The Bertz CT molecular complexity index is 136. The minimum absolute atomic E-state index is 0.516. The van der Waals surface area contributed by atoms with Gasteiger partial charge in [0.1, 0.15) is 0 Å². The SMILES string of the molecule is C=CCN1CCOCC1CNC. The Morgan fingerprint density at radius 2 is 2.58 bits per heavy atom. The van der Waals surface area contributed by atoms with Gasteiger partial charge in [0, 0.05) is 25.7 Å². The van der Waals surface area contributed by atoms with Crippen molar-refractivity contribution >= 4 is 0 Å². The second-order valence-corrected chi connectivity index (χ2v) is 3.07. The van der Waals surface area contributed by atoms with Crippen LogP contribution in [0.3, 0.4) is 0 Å². The molecule has 0 spiro atoms. The summed E-state index contributed by atoms with van der Waals surface area (Å²) in [5, 5.41) is 3.17. The highest BCUT2D eigenvalue weighted by Gasteiger charge is 2.20. The predicted molar refractivity (Wildman–Crippen MR) is 50.3 cm³/mol. The molecule has 0 amide bonds. The van der Waals surface area contributed by atoms with Crippen LogP contribution in [-0.2, 0) is 4.74 Å². The van der Waals surface area contributed by atoms with Crippen LogP contribution in [0.1, 0.15) is 0 Å². The van der Waals surface area contributed by atoms with Gasteiger partial charge in [-0.1, -0.05) is 6.08 Å². The molecule has 70 valence electrons. The molecule has 0 radical (unpaired) electrons. The van der Waals surface area contributed by atoms with Crippen LogP contribution in [0, 0.1) is 0 Å². The van der Waals surface area contributed by atoms with Gasteiger partial charge in [-0.15, -0.1) is 6.58 Å². The van der Waals surface area contributed by atoms with E-state index in [1.807, 2.05) is 13.1 Å². The zero-order valence-corrected chi connectivity index (χ0v) is 7.75. The van der Waals surface area contributed by atoms with E-state index >= 15 is 0 Å². The van der Waals surface area contributed by atoms with E-state index in [1.54, 1.807) is 0 Å². The van der Waals surface area contributed by atoms with Crippen molar-refractivity contribution in [2.24, 2.45) is 0 Å². The fourth-order valence-electron chi connectivity index (χ4n) is 1.52. The molecule has 1 aliphatic heterocycles. The van der Waals surface area contributed by atoms with Gasteiger partial charge in [0.05, 0.1) is 13.2 Å². The van der Waals surface area contributed by atoms with Gasteiger partial charge in [-0.3, -0.25) is 4.90 Å². The maximum Gasteiger partial charge on any atom is 0.0635 e. The van der Waals surface area contributed by atoms with E-state index in [0.717, 1.165) is 32.8 Å². The first kappa shape index (κ1) is 9.71. The van der Waals surface area contributed by atoms with Crippen LogP contribution in [0.4, 0.5) is 0 Å². The Balaban J connectivity index is 2.36. The highest BCUT2D eigenvalue weighted by molar-refractivity contribution is 4.82. The second-order valence-electron chi connectivity index (χ2n) is 3.07. The minimum atomic E-state index is 0.516. The van der Waals surface area contributed by atoms with Crippen molar-refractivity contribution in [2.75, 3.05) is 39.9 Å². The molecule has 1 heterocycles. The zero-order chi connectivity index (χ0) is 8.81. The molecular formula is C9H18N2O. The Kier molecular flexibility index (Phi) is 4.29. The van der Waals surface area contributed by atoms with Crippen molar-refractivity contribution in [3.63, 3.8) is 0 Å². The molecule has 0 aromatic carbocycles. The normalized spacial score (nSPS) is 25.6. The van der Waals surface area contributed by atoms with Gasteiger partial charge in [-0.25, -0.2) is 0 Å². The van der Waals surface area contributed by atoms with Crippen molar-refractivity contribution in [2.45, 2.75) is 6.04 Å². The predicted octanol–water partition coefficient (Wildman–Crippen LogP) is 0.0926. The largest absolute Gasteiger partial charge is 0.378 e. The van der Waals surface area contributed by atoms with E-state index in [1.165, 1.54) is 0 Å². The van der Waals surface area contributed by atoms with Gasteiger partial charge < -0.3 is 10.1 Å². The number of nitrogens with zero attached hydrogens (tertiary/aromatic N) is 1. The highest BCUT2D eigenvalue weighted by atomic mass is 16.5. The van der Waals surface area contributed by atoms with Crippen LogP contribution in [0.15, 0.2) is 12.7 Å². The molecule has 0 saturated carbocycles. The van der Waals surface area contributed by atoms with Crippen LogP contribution in [-0.4, -0.2) is 50.8 Å². The third-order valence-corrected chi connectivity index (χ3v) is 2.15. The van der Waals surface area contributed by atoms with Crippen molar-refractivity contribution in [1.29, 1.82) is 0 Å².